The average Bonchev–Trinajstić information content (AvgIpc) is 2.91. The molecule has 18 heavy (non-hydrogen) atoms. The van der Waals surface area contributed by atoms with E-state index < -0.39 is 0 Å². The molecular formula is C16H20N2. The third kappa shape index (κ3) is 2.25. The monoisotopic (exact) mass is 240 g/mol. The van der Waals surface area contributed by atoms with Gasteiger partial charge in [0, 0.05) is 23.8 Å². The molecule has 2 N–H and O–H groups in total. The van der Waals surface area contributed by atoms with Crippen molar-refractivity contribution in [2.75, 3.05) is 0 Å². The summed E-state index contributed by atoms with van der Waals surface area (Å²) in [5.74, 6) is 0.831. The van der Waals surface area contributed by atoms with Crippen LogP contribution in [0.5, 0.6) is 0 Å². The van der Waals surface area contributed by atoms with Gasteiger partial charge >= 0.3 is 0 Å². The maximum atomic E-state index is 6.42. The van der Waals surface area contributed by atoms with Gasteiger partial charge in [-0.25, -0.2) is 0 Å². The molecule has 1 fully saturated rings. The highest BCUT2D eigenvalue weighted by atomic mass is 14.6. The van der Waals surface area contributed by atoms with Gasteiger partial charge in [0.2, 0.25) is 0 Å². The van der Waals surface area contributed by atoms with Gasteiger partial charge in [0.25, 0.3) is 0 Å². The van der Waals surface area contributed by atoms with Crippen LogP contribution >= 0.6 is 0 Å². The largest absolute Gasteiger partial charge is 0.324 e. The average molecular weight is 240 g/mol. The van der Waals surface area contributed by atoms with E-state index in [2.05, 4.69) is 29.2 Å². The summed E-state index contributed by atoms with van der Waals surface area (Å²) in [4.78, 5) is 4.18. The first kappa shape index (κ1) is 11.7. The second kappa shape index (κ2) is 5.07. The number of pyridine rings is 1. The number of rotatable bonds is 3. The summed E-state index contributed by atoms with van der Waals surface area (Å²) in [6.45, 7) is 0. The number of aromatic nitrogens is 1. The van der Waals surface area contributed by atoms with Crippen LogP contribution in [-0.4, -0.2) is 4.98 Å². The van der Waals surface area contributed by atoms with E-state index in [1.807, 2.05) is 12.4 Å². The minimum atomic E-state index is 0.166. The molecule has 94 valence electrons. The molecule has 0 saturated heterocycles. The van der Waals surface area contributed by atoms with E-state index >= 15 is 0 Å². The lowest BCUT2D eigenvalue weighted by molar-refractivity contribution is 0.452. The second-order valence-electron chi connectivity index (χ2n) is 5.44. The number of fused-ring (bicyclic) bond motifs is 1. The molecule has 0 amide bonds. The zero-order chi connectivity index (χ0) is 12.4. The minimum absolute atomic E-state index is 0.166. The summed E-state index contributed by atoms with van der Waals surface area (Å²) in [5, 5.41) is 2.45. The van der Waals surface area contributed by atoms with Gasteiger partial charge in [0.1, 0.15) is 0 Å². The third-order valence-corrected chi connectivity index (χ3v) is 4.18. The molecule has 3 rings (SSSR count). The number of nitrogens with two attached hydrogens (primary N) is 1. The van der Waals surface area contributed by atoms with E-state index in [-0.39, 0.29) is 6.04 Å². The van der Waals surface area contributed by atoms with Crippen molar-refractivity contribution in [1.82, 2.24) is 4.98 Å². The Morgan fingerprint density at radius 3 is 2.89 bits per heavy atom. The maximum Gasteiger partial charge on any atom is 0.0346 e. The van der Waals surface area contributed by atoms with Crippen molar-refractivity contribution < 1.29 is 0 Å². The molecule has 1 aromatic carbocycles. The second-order valence-corrected chi connectivity index (χ2v) is 5.44. The molecule has 1 saturated carbocycles. The maximum absolute atomic E-state index is 6.42. The standard InChI is InChI=1S/C16H20N2/c17-16(10-12-4-1-2-5-12)15-7-3-6-13-11-18-9-8-14(13)15/h3,6-9,11-12,16H,1-2,4-5,10,17H2. The molecule has 0 aliphatic heterocycles. The zero-order valence-electron chi connectivity index (χ0n) is 10.7. The molecular weight excluding hydrogens is 220 g/mol. The van der Waals surface area contributed by atoms with Crippen molar-refractivity contribution in [3.63, 3.8) is 0 Å². The Bertz CT molecular complexity index is 524. The van der Waals surface area contributed by atoms with Crippen molar-refractivity contribution in [2.45, 2.75) is 38.1 Å². The van der Waals surface area contributed by atoms with Crippen molar-refractivity contribution >= 4 is 10.8 Å². The SMILES string of the molecule is NC(CC1CCCC1)c1cccc2cnccc12. The van der Waals surface area contributed by atoms with E-state index in [0.29, 0.717) is 0 Å². The first-order valence-corrected chi connectivity index (χ1v) is 6.93. The van der Waals surface area contributed by atoms with Crippen molar-refractivity contribution in [3.8, 4) is 0 Å². The molecule has 0 bridgehead atoms. The van der Waals surface area contributed by atoms with Crippen molar-refractivity contribution in [2.24, 2.45) is 11.7 Å². The Hall–Kier alpha value is -1.41. The van der Waals surface area contributed by atoms with Crippen LogP contribution in [0, 0.1) is 5.92 Å². The fourth-order valence-corrected chi connectivity index (χ4v) is 3.20. The number of hydrogen-bond acceptors (Lipinski definition) is 2. The van der Waals surface area contributed by atoms with Gasteiger partial charge in [-0.15, -0.1) is 0 Å². The Labute approximate surface area is 108 Å². The van der Waals surface area contributed by atoms with Gasteiger partial charge < -0.3 is 5.73 Å². The summed E-state index contributed by atoms with van der Waals surface area (Å²) in [5.41, 5.74) is 7.70. The van der Waals surface area contributed by atoms with E-state index in [0.717, 1.165) is 12.3 Å². The fraction of sp³-hybridized carbons (Fsp3) is 0.438. The molecule has 2 heteroatoms. The first-order valence-electron chi connectivity index (χ1n) is 6.93. The molecule has 1 aliphatic rings. The molecule has 2 nitrogen and oxygen atoms in total. The third-order valence-electron chi connectivity index (χ3n) is 4.18. The Balaban J connectivity index is 1.88. The topological polar surface area (TPSA) is 38.9 Å². The quantitative estimate of drug-likeness (QED) is 0.886. The Morgan fingerprint density at radius 1 is 1.22 bits per heavy atom. The molecule has 2 aromatic rings. The van der Waals surface area contributed by atoms with Gasteiger partial charge in [-0.1, -0.05) is 43.9 Å². The van der Waals surface area contributed by atoms with E-state index in [1.165, 1.54) is 42.0 Å². The lowest BCUT2D eigenvalue weighted by Crippen LogP contribution is -2.14. The molecule has 1 unspecified atom stereocenters. The summed E-state index contributed by atoms with van der Waals surface area (Å²) in [6.07, 6.45) is 10.4. The van der Waals surface area contributed by atoms with Gasteiger partial charge in [-0.05, 0) is 29.4 Å². The molecule has 1 atom stereocenters. The molecule has 0 spiro atoms. The smallest absolute Gasteiger partial charge is 0.0346 e. The van der Waals surface area contributed by atoms with Crippen molar-refractivity contribution in [3.05, 3.63) is 42.2 Å². The predicted molar refractivity (Wildman–Crippen MR) is 75.2 cm³/mol. The van der Waals surface area contributed by atoms with Crippen LogP contribution in [-0.2, 0) is 0 Å². The summed E-state index contributed by atoms with van der Waals surface area (Å²) < 4.78 is 0. The van der Waals surface area contributed by atoms with Gasteiger partial charge in [0.15, 0.2) is 0 Å². The van der Waals surface area contributed by atoms with Crippen LogP contribution in [0.25, 0.3) is 10.8 Å². The fourth-order valence-electron chi connectivity index (χ4n) is 3.20. The molecule has 0 radical (unpaired) electrons. The van der Waals surface area contributed by atoms with Crippen molar-refractivity contribution in [1.29, 1.82) is 0 Å². The number of hydrogen-bond donors (Lipinski definition) is 1. The summed E-state index contributed by atoms with van der Waals surface area (Å²) in [7, 11) is 0. The highest BCUT2D eigenvalue weighted by Gasteiger charge is 2.19. The van der Waals surface area contributed by atoms with Crippen LogP contribution in [0.15, 0.2) is 36.7 Å². The molecule has 1 aliphatic carbocycles. The number of nitrogens with zero attached hydrogens (tertiary/aromatic N) is 1. The van der Waals surface area contributed by atoms with E-state index in [1.54, 1.807) is 0 Å². The Kier molecular flexibility index (Phi) is 3.28. The first-order chi connectivity index (χ1) is 8.84. The summed E-state index contributed by atoms with van der Waals surface area (Å²) >= 11 is 0. The van der Waals surface area contributed by atoms with Crippen LogP contribution in [0.1, 0.15) is 43.7 Å². The highest BCUT2D eigenvalue weighted by molar-refractivity contribution is 5.85. The lowest BCUT2D eigenvalue weighted by atomic mass is 9.92. The molecule has 1 heterocycles. The van der Waals surface area contributed by atoms with Crippen LogP contribution < -0.4 is 5.73 Å². The molecule has 1 aromatic heterocycles. The van der Waals surface area contributed by atoms with E-state index in [4.69, 9.17) is 5.73 Å². The van der Waals surface area contributed by atoms with Gasteiger partial charge in [-0.2, -0.15) is 0 Å². The zero-order valence-corrected chi connectivity index (χ0v) is 10.7. The lowest BCUT2D eigenvalue weighted by Gasteiger charge is -2.18. The van der Waals surface area contributed by atoms with E-state index in [9.17, 15) is 0 Å². The van der Waals surface area contributed by atoms with Crippen LogP contribution in [0.2, 0.25) is 0 Å². The normalized spacial score (nSPS) is 18.3. The van der Waals surface area contributed by atoms with Crippen LogP contribution in [0.3, 0.4) is 0 Å². The minimum Gasteiger partial charge on any atom is -0.324 e. The summed E-state index contributed by atoms with van der Waals surface area (Å²) in [6, 6.07) is 8.61. The number of benzene rings is 1. The predicted octanol–water partition coefficient (Wildman–Crippen LogP) is 3.81. The Morgan fingerprint density at radius 2 is 2.06 bits per heavy atom. The van der Waals surface area contributed by atoms with Crippen LogP contribution in [0.4, 0.5) is 0 Å². The van der Waals surface area contributed by atoms with Gasteiger partial charge in [0.05, 0.1) is 0 Å². The highest BCUT2D eigenvalue weighted by Crippen LogP contribution is 2.33. The van der Waals surface area contributed by atoms with Gasteiger partial charge in [-0.3, -0.25) is 4.98 Å².